The van der Waals surface area contributed by atoms with Crippen molar-refractivity contribution in [2.24, 2.45) is 11.8 Å². The van der Waals surface area contributed by atoms with Gasteiger partial charge in [-0.25, -0.2) is 0 Å². The Balaban J connectivity index is 1.41. The highest BCUT2D eigenvalue weighted by molar-refractivity contribution is 6.99. The average molecular weight is 545 g/mol. The molecule has 1 heterocycles. The molecule has 1 saturated heterocycles. The first-order valence-corrected chi connectivity index (χ1v) is 16.5. The van der Waals surface area contributed by atoms with Crippen LogP contribution >= 0.6 is 0 Å². The molecule has 1 saturated carbocycles. The van der Waals surface area contributed by atoms with Crippen LogP contribution in [0.15, 0.2) is 91.0 Å². The minimum Gasteiger partial charge on any atom is -0.404 e. The zero-order valence-electron chi connectivity index (χ0n) is 23.6. The maximum Gasteiger partial charge on any atom is 0.261 e. The third-order valence-corrected chi connectivity index (χ3v) is 14.0. The van der Waals surface area contributed by atoms with E-state index in [2.05, 4.69) is 106 Å². The summed E-state index contributed by atoms with van der Waals surface area (Å²) >= 11 is 0. The summed E-state index contributed by atoms with van der Waals surface area (Å²) in [4.78, 5) is 0. The van der Waals surface area contributed by atoms with E-state index in [9.17, 15) is 10.2 Å². The second-order valence-corrected chi connectivity index (χ2v) is 16.8. The second-order valence-electron chi connectivity index (χ2n) is 12.5. The second kappa shape index (κ2) is 12.1. The van der Waals surface area contributed by atoms with Gasteiger partial charge in [0.25, 0.3) is 8.32 Å². The van der Waals surface area contributed by atoms with Crippen molar-refractivity contribution in [3.63, 3.8) is 0 Å². The summed E-state index contributed by atoms with van der Waals surface area (Å²) in [7, 11) is -2.72. The van der Waals surface area contributed by atoms with Gasteiger partial charge in [0.1, 0.15) is 0 Å². The van der Waals surface area contributed by atoms with E-state index in [-0.39, 0.29) is 35.2 Å². The summed E-state index contributed by atoms with van der Waals surface area (Å²) in [6.45, 7) is 6.95. The largest absolute Gasteiger partial charge is 0.404 e. The van der Waals surface area contributed by atoms with Crippen LogP contribution in [0.3, 0.4) is 0 Å². The van der Waals surface area contributed by atoms with Gasteiger partial charge in [0.05, 0.1) is 18.3 Å². The number of ether oxygens (including phenoxy) is 1. The molecule has 0 spiro atoms. The normalized spacial score (nSPS) is 25.9. The Labute approximate surface area is 235 Å². The van der Waals surface area contributed by atoms with Gasteiger partial charge < -0.3 is 19.4 Å². The molecule has 208 valence electrons. The van der Waals surface area contributed by atoms with Crippen molar-refractivity contribution in [1.82, 2.24) is 0 Å². The van der Waals surface area contributed by atoms with Crippen LogP contribution in [0.2, 0.25) is 5.04 Å². The van der Waals surface area contributed by atoms with E-state index >= 15 is 0 Å². The molecule has 5 heteroatoms. The molecule has 2 N–H and O–H groups in total. The van der Waals surface area contributed by atoms with Crippen LogP contribution in [0.25, 0.3) is 0 Å². The van der Waals surface area contributed by atoms with E-state index in [0.717, 1.165) is 32.1 Å². The molecule has 39 heavy (non-hydrogen) atoms. The molecule has 1 aliphatic carbocycles. The van der Waals surface area contributed by atoms with Gasteiger partial charge in [0.15, 0.2) is 6.29 Å². The molecule has 6 atom stereocenters. The van der Waals surface area contributed by atoms with Crippen LogP contribution in [0, 0.1) is 11.8 Å². The molecule has 5 rings (SSSR count). The first-order valence-electron chi connectivity index (χ1n) is 14.6. The van der Waals surface area contributed by atoms with Crippen LogP contribution < -0.4 is 10.4 Å². The topological polar surface area (TPSA) is 58.9 Å². The minimum atomic E-state index is -2.72. The van der Waals surface area contributed by atoms with Crippen LogP contribution in [0.5, 0.6) is 0 Å². The van der Waals surface area contributed by atoms with Gasteiger partial charge >= 0.3 is 0 Å². The summed E-state index contributed by atoms with van der Waals surface area (Å²) in [5.74, 6) is 0.490. The number of hydrogen-bond acceptors (Lipinski definition) is 4. The predicted octanol–water partition coefficient (Wildman–Crippen LogP) is 5.45. The summed E-state index contributed by atoms with van der Waals surface area (Å²) in [6.07, 6.45) is 3.65. The Morgan fingerprint density at radius 1 is 0.846 bits per heavy atom. The van der Waals surface area contributed by atoms with Crippen molar-refractivity contribution >= 4 is 18.7 Å². The molecule has 1 unspecified atom stereocenters. The van der Waals surface area contributed by atoms with E-state index < -0.39 is 14.6 Å². The average Bonchev–Trinajstić information content (AvgIpc) is 3.45. The lowest BCUT2D eigenvalue weighted by Gasteiger charge is -2.46. The fourth-order valence-corrected chi connectivity index (χ4v) is 11.8. The van der Waals surface area contributed by atoms with Crippen molar-refractivity contribution < 1.29 is 19.4 Å². The fourth-order valence-electron chi connectivity index (χ4n) is 7.06. The van der Waals surface area contributed by atoms with E-state index in [1.54, 1.807) is 0 Å². The quantitative estimate of drug-likeness (QED) is 0.333. The van der Waals surface area contributed by atoms with Gasteiger partial charge in [-0.15, -0.1) is 0 Å². The highest BCUT2D eigenvalue weighted by atomic mass is 28.4. The van der Waals surface area contributed by atoms with Gasteiger partial charge in [0, 0.05) is 6.42 Å². The van der Waals surface area contributed by atoms with Crippen LogP contribution in [-0.4, -0.2) is 43.1 Å². The van der Waals surface area contributed by atoms with Gasteiger partial charge in [0.2, 0.25) is 0 Å². The highest BCUT2D eigenvalue weighted by Gasteiger charge is 2.56. The van der Waals surface area contributed by atoms with Crippen molar-refractivity contribution in [2.75, 3.05) is 0 Å². The van der Waals surface area contributed by atoms with Gasteiger partial charge in [-0.2, -0.15) is 0 Å². The Bertz CT molecular complexity index is 1120. The van der Waals surface area contributed by atoms with Crippen molar-refractivity contribution in [1.29, 1.82) is 0 Å². The summed E-state index contributed by atoms with van der Waals surface area (Å²) < 4.78 is 13.6. The molecular formula is C34H44O4Si. The Kier molecular flexibility index (Phi) is 8.75. The number of aliphatic hydroxyl groups is 2. The lowest BCUT2D eigenvalue weighted by Crippen LogP contribution is -2.68. The molecule has 0 amide bonds. The molecule has 0 aromatic heterocycles. The number of aryl methyl sites for hydroxylation is 1. The minimum absolute atomic E-state index is 0.00896. The number of fused-ring (bicyclic) bond motifs is 1. The maximum atomic E-state index is 11.0. The van der Waals surface area contributed by atoms with Gasteiger partial charge in [-0.05, 0) is 64.9 Å². The van der Waals surface area contributed by atoms with Crippen molar-refractivity contribution in [3.05, 3.63) is 96.6 Å². The summed E-state index contributed by atoms with van der Waals surface area (Å²) in [5.41, 5.74) is 1.26. The Hall–Kier alpha value is -2.28. The molecule has 1 aliphatic heterocycles. The van der Waals surface area contributed by atoms with Crippen LogP contribution in [-0.2, 0) is 15.6 Å². The van der Waals surface area contributed by atoms with Crippen molar-refractivity contribution in [2.45, 2.75) is 88.9 Å². The maximum absolute atomic E-state index is 11.0. The van der Waals surface area contributed by atoms with Gasteiger partial charge in [-0.1, -0.05) is 112 Å². The van der Waals surface area contributed by atoms with Gasteiger partial charge in [-0.3, -0.25) is 0 Å². The van der Waals surface area contributed by atoms with Crippen molar-refractivity contribution in [3.8, 4) is 0 Å². The lowest BCUT2D eigenvalue weighted by molar-refractivity contribution is -0.0946. The molecule has 3 aromatic carbocycles. The summed E-state index contributed by atoms with van der Waals surface area (Å²) in [6, 6.07) is 32.0. The molecule has 2 fully saturated rings. The molecule has 2 aliphatic rings. The first kappa shape index (κ1) is 28.3. The highest BCUT2D eigenvalue weighted by Crippen LogP contribution is 2.49. The van der Waals surface area contributed by atoms with E-state index in [1.807, 2.05) is 6.07 Å². The van der Waals surface area contributed by atoms with E-state index in [4.69, 9.17) is 9.16 Å². The van der Waals surface area contributed by atoms with E-state index in [1.165, 1.54) is 15.9 Å². The summed E-state index contributed by atoms with van der Waals surface area (Å²) in [5, 5.41) is 23.8. The Morgan fingerprint density at radius 2 is 1.41 bits per heavy atom. The zero-order chi connectivity index (χ0) is 27.5. The van der Waals surface area contributed by atoms with Crippen LogP contribution in [0.4, 0.5) is 0 Å². The Morgan fingerprint density at radius 3 is 1.97 bits per heavy atom. The standard InChI is InChI=1S/C34H44O4Si/c1-34(2,3)39(27-15-9-5-10-16-27,28-17-11-6-12-18-28)38-32-24-31-30(23-33(36)37-31)29(32)22-21-26(35)20-19-25-13-7-4-8-14-25/h4-18,26,29-33,35-36H,19-24H2,1-3H3/t26-,29+,30-,31-,32+,33?/m0/s1. The predicted molar refractivity (Wildman–Crippen MR) is 160 cm³/mol. The number of benzene rings is 3. The fraction of sp³-hybridized carbons (Fsp3) is 0.471. The van der Waals surface area contributed by atoms with Crippen LogP contribution in [0.1, 0.15) is 58.4 Å². The zero-order valence-corrected chi connectivity index (χ0v) is 24.6. The molecule has 0 bridgehead atoms. The lowest BCUT2D eigenvalue weighted by atomic mass is 9.86. The molecular weight excluding hydrogens is 500 g/mol. The smallest absolute Gasteiger partial charge is 0.261 e. The first-order chi connectivity index (χ1) is 18.8. The molecule has 3 aromatic rings. The number of rotatable bonds is 10. The third kappa shape index (κ3) is 6.08. The SMILES string of the molecule is CC(C)(C)[Si](O[C@@H]1C[C@@H]2OC(O)C[C@H]2[C@H]1CC[C@@H](O)CCc1ccccc1)(c1ccccc1)c1ccccc1. The third-order valence-electron chi connectivity index (χ3n) is 8.96. The number of hydrogen-bond donors (Lipinski definition) is 2. The molecule has 4 nitrogen and oxygen atoms in total. The molecule has 0 radical (unpaired) electrons. The monoisotopic (exact) mass is 544 g/mol. The van der Waals surface area contributed by atoms with E-state index in [0.29, 0.717) is 6.42 Å². The number of aliphatic hydroxyl groups excluding tert-OH is 2.